The molecule has 0 saturated carbocycles. The molecule has 0 spiro atoms. The summed E-state index contributed by atoms with van der Waals surface area (Å²) in [5, 5.41) is 0. The number of carbonyl (C=O) groups excluding carboxylic acids is 1. The Balaban J connectivity index is 1.95. The van der Waals surface area contributed by atoms with Gasteiger partial charge in [0.2, 0.25) is 15.9 Å². The van der Waals surface area contributed by atoms with Gasteiger partial charge in [0, 0.05) is 31.6 Å². The van der Waals surface area contributed by atoms with E-state index in [1.54, 1.807) is 0 Å². The van der Waals surface area contributed by atoms with Crippen LogP contribution in [0.15, 0.2) is 0 Å². The molecule has 2 rings (SSSR count). The van der Waals surface area contributed by atoms with Crippen molar-refractivity contribution in [2.24, 2.45) is 11.8 Å². The summed E-state index contributed by atoms with van der Waals surface area (Å²) in [6.07, 6.45) is 4.76. The van der Waals surface area contributed by atoms with Crippen LogP contribution in [0.5, 0.6) is 0 Å². The van der Waals surface area contributed by atoms with Crippen molar-refractivity contribution in [3.8, 4) is 0 Å². The van der Waals surface area contributed by atoms with E-state index in [1.807, 2.05) is 4.90 Å². The summed E-state index contributed by atoms with van der Waals surface area (Å²) < 4.78 is 24.5. The number of carbonyl (C=O) groups is 1. The summed E-state index contributed by atoms with van der Waals surface area (Å²) >= 11 is 0. The van der Waals surface area contributed by atoms with E-state index in [-0.39, 0.29) is 11.8 Å². The molecule has 0 radical (unpaired) electrons. The lowest BCUT2D eigenvalue weighted by Gasteiger charge is -2.35. The van der Waals surface area contributed by atoms with Gasteiger partial charge in [0.15, 0.2) is 0 Å². The molecule has 0 bridgehead atoms. The standard InChI is InChI=1S/C14H26N2O3S/c1-11(2)13-5-4-8-16(13)14(17)12-6-9-15(10-7-12)20(3,18)19/h11-13H,4-10H2,1-3H3. The van der Waals surface area contributed by atoms with Crippen LogP contribution in [0.25, 0.3) is 0 Å². The number of hydrogen-bond acceptors (Lipinski definition) is 3. The Morgan fingerprint density at radius 3 is 2.20 bits per heavy atom. The van der Waals surface area contributed by atoms with E-state index >= 15 is 0 Å². The van der Waals surface area contributed by atoms with Gasteiger partial charge in [0.25, 0.3) is 0 Å². The summed E-state index contributed by atoms with van der Waals surface area (Å²) in [6.45, 7) is 6.17. The molecule has 1 amide bonds. The van der Waals surface area contributed by atoms with E-state index in [4.69, 9.17) is 0 Å². The highest BCUT2D eigenvalue weighted by atomic mass is 32.2. The molecule has 5 nitrogen and oxygen atoms in total. The molecule has 0 aliphatic carbocycles. The topological polar surface area (TPSA) is 57.7 Å². The van der Waals surface area contributed by atoms with Gasteiger partial charge >= 0.3 is 0 Å². The van der Waals surface area contributed by atoms with Gasteiger partial charge in [0.05, 0.1) is 6.26 Å². The van der Waals surface area contributed by atoms with Gasteiger partial charge in [-0.3, -0.25) is 4.79 Å². The zero-order chi connectivity index (χ0) is 14.9. The summed E-state index contributed by atoms with van der Waals surface area (Å²) in [5.41, 5.74) is 0. The average Bonchev–Trinajstić information content (AvgIpc) is 2.86. The van der Waals surface area contributed by atoms with Gasteiger partial charge in [-0.1, -0.05) is 13.8 Å². The second-order valence-corrected chi connectivity index (χ2v) is 8.40. The van der Waals surface area contributed by atoms with Crippen molar-refractivity contribution in [1.82, 2.24) is 9.21 Å². The van der Waals surface area contributed by atoms with Crippen molar-refractivity contribution in [2.75, 3.05) is 25.9 Å². The second kappa shape index (κ2) is 6.02. The van der Waals surface area contributed by atoms with Gasteiger partial charge < -0.3 is 4.90 Å². The Bertz CT molecular complexity index is 453. The van der Waals surface area contributed by atoms with E-state index in [0.717, 1.165) is 19.4 Å². The molecule has 1 unspecified atom stereocenters. The zero-order valence-corrected chi connectivity index (χ0v) is 13.5. The molecule has 0 N–H and O–H groups in total. The van der Waals surface area contributed by atoms with E-state index in [0.29, 0.717) is 37.9 Å². The number of piperidine rings is 1. The molecule has 6 heteroatoms. The minimum absolute atomic E-state index is 0.00681. The van der Waals surface area contributed by atoms with Gasteiger partial charge in [0.1, 0.15) is 0 Å². The fourth-order valence-electron chi connectivity index (χ4n) is 3.43. The van der Waals surface area contributed by atoms with Crippen LogP contribution in [0.3, 0.4) is 0 Å². The van der Waals surface area contributed by atoms with Gasteiger partial charge in [-0.25, -0.2) is 12.7 Å². The van der Waals surface area contributed by atoms with Crippen molar-refractivity contribution in [3.63, 3.8) is 0 Å². The highest BCUT2D eigenvalue weighted by Gasteiger charge is 2.36. The molecule has 2 aliphatic rings. The lowest BCUT2D eigenvalue weighted by molar-refractivity contribution is -0.138. The van der Waals surface area contributed by atoms with Crippen molar-refractivity contribution in [3.05, 3.63) is 0 Å². The predicted molar refractivity (Wildman–Crippen MR) is 78.7 cm³/mol. The normalized spacial score (nSPS) is 26.4. The van der Waals surface area contributed by atoms with Crippen LogP contribution >= 0.6 is 0 Å². The number of rotatable bonds is 3. The molecule has 2 heterocycles. The lowest BCUT2D eigenvalue weighted by atomic mass is 9.94. The van der Waals surface area contributed by atoms with Crippen molar-refractivity contribution >= 4 is 15.9 Å². The van der Waals surface area contributed by atoms with Crippen molar-refractivity contribution < 1.29 is 13.2 Å². The first-order chi connectivity index (χ1) is 9.30. The molecule has 2 saturated heterocycles. The second-order valence-electron chi connectivity index (χ2n) is 6.42. The third-order valence-corrected chi connectivity index (χ3v) is 5.93. The first kappa shape index (κ1) is 15.8. The first-order valence-electron chi connectivity index (χ1n) is 7.56. The maximum absolute atomic E-state index is 12.6. The van der Waals surface area contributed by atoms with Crippen LogP contribution in [-0.4, -0.2) is 55.5 Å². The fraction of sp³-hybridized carbons (Fsp3) is 0.929. The Morgan fingerprint density at radius 1 is 1.10 bits per heavy atom. The van der Waals surface area contributed by atoms with Crippen LogP contribution in [-0.2, 0) is 14.8 Å². The van der Waals surface area contributed by atoms with Crippen LogP contribution in [0.2, 0.25) is 0 Å². The maximum atomic E-state index is 12.6. The summed E-state index contributed by atoms with van der Waals surface area (Å²) in [5.74, 6) is 0.749. The molecule has 20 heavy (non-hydrogen) atoms. The van der Waals surface area contributed by atoms with Gasteiger partial charge in [-0.15, -0.1) is 0 Å². The number of hydrogen-bond donors (Lipinski definition) is 0. The first-order valence-corrected chi connectivity index (χ1v) is 9.41. The van der Waals surface area contributed by atoms with Crippen LogP contribution in [0.1, 0.15) is 39.5 Å². The minimum atomic E-state index is -3.11. The SMILES string of the molecule is CC(C)C1CCCN1C(=O)C1CCN(S(C)(=O)=O)CC1. The van der Waals surface area contributed by atoms with Crippen molar-refractivity contribution in [1.29, 1.82) is 0 Å². The molecule has 0 aromatic carbocycles. The Labute approximate surface area is 122 Å². The smallest absolute Gasteiger partial charge is 0.226 e. The van der Waals surface area contributed by atoms with E-state index < -0.39 is 10.0 Å². The maximum Gasteiger partial charge on any atom is 0.226 e. The fourth-order valence-corrected chi connectivity index (χ4v) is 4.30. The highest BCUT2D eigenvalue weighted by molar-refractivity contribution is 7.88. The van der Waals surface area contributed by atoms with E-state index in [2.05, 4.69) is 13.8 Å². The summed E-state index contributed by atoms with van der Waals surface area (Å²) in [6, 6.07) is 0.371. The summed E-state index contributed by atoms with van der Waals surface area (Å²) in [4.78, 5) is 14.7. The van der Waals surface area contributed by atoms with Crippen LogP contribution in [0.4, 0.5) is 0 Å². The molecule has 2 aliphatic heterocycles. The molecule has 2 fully saturated rings. The third-order valence-electron chi connectivity index (χ3n) is 4.62. The molecule has 1 atom stereocenters. The quantitative estimate of drug-likeness (QED) is 0.790. The highest BCUT2D eigenvalue weighted by Crippen LogP contribution is 2.28. The van der Waals surface area contributed by atoms with E-state index in [9.17, 15) is 13.2 Å². The lowest BCUT2D eigenvalue weighted by Crippen LogP contribution is -2.46. The Morgan fingerprint density at radius 2 is 1.70 bits per heavy atom. The molecular formula is C14H26N2O3S. The molecule has 0 aromatic rings. The predicted octanol–water partition coefficient (Wildman–Crippen LogP) is 1.31. The largest absolute Gasteiger partial charge is 0.339 e. The van der Waals surface area contributed by atoms with Crippen LogP contribution < -0.4 is 0 Å². The van der Waals surface area contributed by atoms with E-state index in [1.165, 1.54) is 10.6 Å². The number of sulfonamides is 1. The number of amides is 1. The van der Waals surface area contributed by atoms with Gasteiger partial charge in [-0.05, 0) is 31.6 Å². The Kier molecular flexibility index (Phi) is 4.74. The van der Waals surface area contributed by atoms with Crippen molar-refractivity contribution in [2.45, 2.75) is 45.6 Å². The average molecular weight is 302 g/mol. The Hall–Kier alpha value is -0.620. The number of likely N-dealkylation sites (tertiary alicyclic amines) is 1. The summed E-state index contributed by atoms with van der Waals surface area (Å²) in [7, 11) is -3.11. The van der Waals surface area contributed by atoms with Gasteiger partial charge in [-0.2, -0.15) is 0 Å². The molecular weight excluding hydrogens is 276 g/mol. The number of nitrogens with zero attached hydrogens (tertiary/aromatic N) is 2. The molecule has 116 valence electrons. The monoisotopic (exact) mass is 302 g/mol. The van der Waals surface area contributed by atoms with Crippen LogP contribution in [0, 0.1) is 11.8 Å². The zero-order valence-electron chi connectivity index (χ0n) is 12.7. The molecule has 0 aromatic heterocycles. The minimum Gasteiger partial charge on any atom is -0.339 e. The third kappa shape index (κ3) is 3.34.